The van der Waals surface area contributed by atoms with Crippen LogP contribution in [0.15, 0.2) is 30.6 Å². The van der Waals surface area contributed by atoms with E-state index in [4.69, 9.17) is 9.47 Å². The summed E-state index contributed by atoms with van der Waals surface area (Å²) in [5.74, 6) is 6.64. The summed E-state index contributed by atoms with van der Waals surface area (Å²) < 4.78 is 10.7. The number of fused-ring (bicyclic) bond motifs is 1. The van der Waals surface area contributed by atoms with Crippen LogP contribution in [0.4, 0.5) is 0 Å². The number of hydrogen-bond acceptors (Lipinski definition) is 7. The number of carbonyl (C=O) groups excluding carboxylic acids is 1. The summed E-state index contributed by atoms with van der Waals surface area (Å²) in [7, 11) is 0. The van der Waals surface area contributed by atoms with Crippen LogP contribution in [0.1, 0.15) is 40.7 Å². The van der Waals surface area contributed by atoms with Crippen LogP contribution in [0.2, 0.25) is 0 Å². The fourth-order valence-corrected chi connectivity index (χ4v) is 4.81. The Balaban J connectivity index is 1.85. The Morgan fingerprint density at radius 1 is 1.22 bits per heavy atom. The van der Waals surface area contributed by atoms with E-state index in [1.54, 1.807) is 6.92 Å². The van der Waals surface area contributed by atoms with E-state index in [0.29, 0.717) is 12.2 Å². The number of aromatic nitrogens is 2. The minimum absolute atomic E-state index is 0.00429. The van der Waals surface area contributed by atoms with Crippen LogP contribution in [0.3, 0.4) is 0 Å². The summed E-state index contributed by atoms with van der Waals surface area (Å²) in [6.45, 7) is 2.76. The van der Waals surface area contributed by atoms with Gasteiger partial charge in [0.15, 0.2) is 0 Å². The summed E-state index contributed by atoms with van der Waals surface area (Å²) in [6.07, 6.45) is 8.28. The molecule has 7 heteroatoms. The van der Waals surface area contributed by atoms with E-state index < -0.39 is 5.97 Å². The molecule has 0 bridgehead atoms. The second-order valence-corrected chi connectivity index (χ2v) is 8.21. The molecule has 0 N–H and O–H groups in total. The van der Waals surface area contributed by atoms with Crippen LogP contribution in [0.5, 0.6) is 5.75 Å². The molecule has 0 saturated heterocycles. The largest absolute Gasteiger partial charge is 0.493 e. The maximum atomic E-state index is 11.6. The fraction of sp³-hybridized carbons (Fsp3) is 0.350. The molecule has 2 heterocycles. The SMILES string of the molecule is CCOC(=O)c1ncc(C#Cc2ccc3c(c2)C(SC)(SC)CCO3)cn1. The third kappa shape index (κ3) is 4.23. The lowest BCUT2D eigenvalue weighted by atomic mass is 10.0. The highest BCUT2D eigenvalue weighted by Gasteiger charge is 2.36. The van der Waals surface area contributed by atoms with Gasteiger partial charge >= 0.3 is 5.97 Å². The molecule has 1 aliphatic rings. The normalized spacial score (nSPS) is 14.3. The number of nitrogens with zero attached hydrogens (tertiary/aromatic N) is 2. The van der Waals surface area contributed by atoms with Crippen LogP contribution in [-0.2, 0) is 8.82 Å². The van der Waals surface area contributed by atoms with Gasteiger partial charge in [0.1, 0.15) is 5.75 Å². The lowest BCUT2D eigenvalue weighted by molar-refractivity contribution is 0.0512. The van der Waals surface area contributed by atoms with E-state index >= 15 is 0 Å². The van der Waals surface area contributed by atoms with Gasteiger partial charge in [-0.2, -0.15) is 0 Å². The maximum absolute atomic E-state index is 11.6. The zero-order valence-electron chi connectivity index (χ0n) is 15.4. The average Bonchev–Trinajstić information content (AvgIpc) is 2.72. The van der Waals surface area contributed by atoms with Crippen LogP contribution in [0.25, 0.3) is 0 Å². The lowest BCUT2D eigenvalue weighted by Gasteiger charge is -2.36. The first-order valence-corrected chi connectivity index (χ1v) is 11.0. The summed E-state index contributed by atoms with van der Waals surface area (Å²) in [5, 5.41) is 0. The van der Waals surface area contributed by atoms with Crippen molar-refractivity contribution in [3.8, 4) is 17.6 Å². The van der Waals surface area contributed by atoms with Gasteiger partial charge in [0.2, 0.25) is 5.82 Å². The van der Waals surface area contributed by atoms with E-state index in [9.17, 15) is 4.79 Å². The van der Waals surface area contributed by atoms with Gasteiger partial charge in [0, 0.05) is 29.9 Å². The molecule has 140 valence electrons. The van der Waals surface area contributed by atoms with Crippen molar-refractivity contribution in [3.63, 3.8) is 0 Å². The molecule has 0 saturated carbocycles. The monoisotopic (exact) mass is 400 g/mol. The molecule has 0 radical (unpaired) electrons. The van der Waals surface area contributed by atoms with Gasteiger partial charge < -0.3 is 9.47 Å². The Hall–Kier alpha value is -2.17. The first kappa shape index (κ1) is 19.6. The quantitative estimate of drug-likeness (QED) is 0.440. The smallest absolute Gasteiger partial charge is 0.376 e. The Labute approximate surface area is 167 Å². The summed E-state index contributed by atoms with van der Waals surface area (Å²) in [6, 6.07) is 6.04. The van der Waals surface area contributed by atoms with Crippen LogP contribution < -0.4 is 4.74 Å². The van der Waals surface area contributed by atoms with Gasteiger partial charge in [-0.1, -0.05) is 11.8 Å². The van der Waals surface area contributed by atoms with Crippen molar-refractivity contribution < 1.29 is 14.3 Å². The number of ether oxygens (including phenoxy) is 2. The van der Waals surface area contributed by atoms with Crippen LogP contribution in [0, 0.1) is 11.8 Å². The molecule has 0 unspecified atom stereocenters. The molecule has 1 aromatic carbocycles. The third-order valence-electron chi connectivity index (χ3n) is 4.20. The minimum Gasteiger partial charge on any atom is -0.493 e. The molecule has 5 nitrogen and oxygen atoms in total. The molecule has 2 aromatic rings. The molecule has 0 aliphatic carbocycles. The van der Waals surface area contributed by atoms with E-state index in [1.165, 1.54) is 18.0 Å². The first-order valence-electron chi connectivity index (χ1n) is 8.50. The number of thioether (sulfide) groups is 2. The highest BCUT2D eigenvalue weighted by atomic mass is 32.2. The molecule has 3 rings (SSSR count). The Kier molecular flexibility index (Phi) is 6.30. The fourth-order valence-electron chi connectivity index (χ4n) is 2.81. The van der Waals surface area contributed by atoms with Crippen LogP contribution in [-0.4, -0.2) is 41.7 Å². The molecular weight excluding hydrogens is 380 g/mol. The van der Waals surface area contributed by atoms with Crippen molar-refractivity contribution in [2.24, 2.45) is 0 Å². The average molecular weight is 401 g/mol. The molecule has 1 aromatic heterocycles. The number of benzene rings is 1. The number of carbonyl (C=O) groups is 1. The van der Waals surface area contributed by atoms with Gasteiger partial charge in [-0.25, -0.2) is 14.8 Å². The summed E-state index contributed by atoms with van der Waals surface area (Å²) in [4.78, 5) is 19.6. The van der Waals surface area contributed by atoms with Crippen molar-refractivity contribution in [3.05, 3.63) is 53.1 Å². The van der Waals surface area contributed by atoms with E-state index in [-0.39, 0.29) is 9.90 Å². The molecule has 0 fully saturated rings. The molecule has 27 heavy (non-hydrogen) atoms. The van der Waals surface area contributed by atoms with Gasteiger partial charge in [0.05, 0.1) is 22.9 Å². The Bertz CT molecular complexity index is 884. The number of esters is 1. The van der Waals surface area contributed by atoms with Crippen molar-refractivity contribution in [2.75, 3.05) is 25.7 Å². The van der Waals surface area contributed by atoms with Gasteiger partial charge in [-0.05, 0) is 37.6 Å². The van der Waals surface area contributed by atoms with Crippen molar-refractivity contribution >= 4 is 29.5 Å². The van der Waals surface area contributed by atoms with Crippen LogP contribution >= 0.6 is 23.5 Å². The standard InChI is InChI=1S/C20H20N2O3S2/c1-4-24-19(23)18-21-12-15(13-22-18)6-5-14-7-8-17-16(11-14)20(26-2,27-3)9-10-25-17/h7-8,11-13H,4,9-10H2,1-3H3. The van der Waals surface area contributed by atoms with Gasteiger partial charge in [0.25, 0.3) is 0 Å². The van der Waals surface area contributed by atoms with Crippen molar-refractivity contribution in [2.45, 2.75) is 17.4 Å². The highest BCUT2D eigenvalue weighted by Crippen LogP contribution is 2.52. The van der Waals surface area contributed by atoms with Gasteiger partial charge in [-0.15, -0.1) is 23.5 Å². The lowest BCUT2D eigenvalue weighted by Crippen LogP contribution is -2.26. The highest BCUT2D eigenvalue weighted by molar-refractivity contribution is 8.16. The molecule has 1 aliphatic heterocycles. The molecule has 0 spiro atoms. The van der Waals surface area contributed by atoms with Crippen molar-refractivity contribution in [1.29, 1.82) is 0 Å². The Morgan fingerprint density at radius 2 is 1.93 bits per heavy atom. The minimum atomic E-state index is -0.530. The molecular formula is C20H20N2O3S2. The number of rotatable bonds is 4. The predicted octanol–water partition coefficient (Wildman–Crippen LogP) is 3.71. The molecule has 0 atom stereocenters. The van der Waals surface area contributed by atoms with Crippen molar-refractivity contribution in [1.82, 2.24) is 9.97 Å². The van der Waals surface area contributed by atoms with Gasteiger partial charge in [-0.3, -0.25) is 0 Å². The first-order chi connectivity index (χ1) is 13.1. The second-order valence-electron chi connectivity index (χ2n) is 5.74. The maximum Gasteiger partial charge on any atom is 0.376 e. The zero-order valence-corrected chi connectivity index (χ0v) is 17.1. The third-order valence-corrected chi connectivity index (χ3v) is 7.37. The topological polar surface area (TPSA) is 61.3 Å². The summed E-state index contributed by atoms with van der Waals surface area (Å²) >= 11 is 3.68. The predicted molar refractivity (Wildman–Crippen MR) is 109 cm³/mol. The zero-order chi connectivity index (χ0) is 19.3. The van der Waals surface area contributed by atoms with E-state index in [0.717, 1.165) is 24.3 Å². The summed E-state index contributed by atoms with van der Waals surface area (Å²) in [5.41, 5.74) is 2.72. The Morgan fingerprint density at radius 3 is 2.59 bits per heavy atom. The van der Waals surface area contributed by atoms with E-state index in [1.807, 2.05) is 35.7 Å². The molecule has 0 amide bonds. The second kappa shape index (κ2) is 8.68. The van der Waals surface area contributed by atoms with E-state index in [2.05, 4.69) is 40.4 Å². The number of hydrogen-bond donors (Lipinski definition) is 0.